The molecular formula is C12H16N2. The number of aryl methyl sites for hydroxylation is 2. The van der Waals surface area contributed by atoms with E-state index in [0.29, 0.717) is 0 Å². The molecule has 0 aliphatic heterocycles. The van der Waals surface area contributed by atoms with Crippen molar-refractivity contribution < 1.29 is 0 Å². The molecule has 2 nitrogen and oxygen atoms in total. The van der Waals surface area contributed by atoms with E-state index in [9.17, 15) is 0 Å². The number of nitrogens with zero attached hydrogens (tertiary/aromatic N) is 1. The predicted molar refractivity (Wildman–Crippen MR) is 57.9 cm³/mol. The van der Waals surface area contributed by atoms with E-state index in [1.54, 1.807) is 0 Å². The quantitative estimate of drug-likeness (QED) is 0.790. The van der Waals surface area contributed by atoms with E-state index in [1.807, 2.05) is 26.0 Å². The van der Waals surface area contributed by atoms with Gasteiger partial charge in [0, 0.05) is 6.04 Å². The van der Waals surface area contributed by atoms with Gasteiger partial charge in [-0.3, -0.25) is 0 Å². The van der Waals surface area contributed by atoms with Gasteiger partial charge < -0.3 is 5.73 Å². The summed E-state index contributed by atoms with van der Waals surface area (Å²) in [5.41, 5.74) is 8.68. The van der Waals surface area contributed by atoms with Crippen LogP contribution in [0.4, 0.5) is 0 Å². The zero-order chi connectivity index (χ0) is 10.6. The van der Waals surface area contributed by atoms with E-state index in [-0.39, 0.29) is 6.04 Å². The molecule has 0 saturated heterocycles. The van der Waals surface area contributed by atoms with Crippen LogP contribution in [-0.2, 0) is 6.42 Å². The highest BCUT2D eigenvalue weighted by atomic mass is 14.6. The van der Waals surface area contributed by atoms with Gasteiger partial charge in [0.1, 0.15) is 0 Å². The number of rotatable bonds is 3. The van der Waals surface area contributed by atoms with E-state index in [4.69, 9.17) is 11.0 Å². The summed E-state index contributed by atoms with van der Waals surface area (Å²) >= 11 is 0. The molecule has 0 radical (unpaired) electrons. The standard InChI is InChI=1S/C12H16N2/c1-9-3-5-11(6-4-10(2)14)7-12(9)8-13/h3,5,7,10H,4,6,14H2,1-2H3. The van der Waals surface area contributed by atoms with Gasteiger partial charge in [0.05, 0.1) is 11.6 Å². The van der Waals surface area contributed by atoms with Crippen molar-refractivity contribution in [1.82, 2.24) is 0 Å². The Labute approximate surface area is 85.4 Å². The van der Waals surface area contributed by atoms with Crippen LogP contribution in [0, 0.1) is 18.3 Å². The van der Waals surface area contributed by atoms with E-state index in [2.05, 4.69) is 12.1 Å². The molecule has 1 unspecified atom stereocenters. The Bertz CT molecular complexity index is 348. The van der Waals surface area contributed by atoms with Crippen molar-refractivity contribution in [3.05, 3.63) is 34.9 Å². The van der Waals surface area contributed by atoms with Crippen molar-refractivity contribution in [3.8, 4) is 6.07 Å². The van der Waals surface area contributed by atoms with Crippen molar-refractivity contribution in [2.24, 2.45) is 5.73 Å². The molecule has 74 valence electrons. The van der Waals surface area contributed by atoms with Crippen molar-refractivity contribution >= 4 is 0 Å². The average molecular weight is 188 g/mol. The molecule has 1 rings (SSSR count). The van der Waals surface area contributed by atoms with Crippen molar-refractivity contribution in [2.75, 3.05) is 0 Å². The second kappa shape index (κ2) is 4.78. The summed E-state index contributed by atoms with van der Waals surface area (Å²) in [5.74, 6) is 0. The maximum atomic E-state index is 8.85. The van der Waals surface area contributed by atoms with Crippen molar-refractivity contribution in [3.63, 3.8) is 0 Å². The summed E-state index contributed by atoms with van der Waals surface area (Å²) in [6.45, 7) is 3.95. The molecule has 0 fully saturated rings. The number of hydrogen-bond donors (Lipinski definition) is 1. The maximum absolute atomic E-state index is 8.85. The normalized spacial score (nSPS) is 12.1. The van der Waals surface area contributed by atoms with Crippen LogP contribution in [0.15, 0.2) is 18.2 Å². The fraction of sp³-hybridized carbons (Fsp3) is 0.417. The first-order valence-corrected chi connectivity index (χ1v) is 4.88. The fourth-order valence-electron chi connectivity index (χ4n) is 1.34. The molecule has 0 heterocycles. The summed E-state index contributed by atoms with van der Waals surface area (Å²) in [5, 5.41) is 8.85. The zero-order valence-electron chi connectivity index (χ0n) is 8.75. The Kier molecular flexibility index (Phi) is 3.67. The first-order chi connectivity index (χ1) is 6.63. The first kappa shape index (κ1) is 10.7. The molecule has 0 saturated carbocycles. The number of hydrogen-bond acceptors (Lipinski definition) is 2. The lowest BCUT2D eigenvalue weighted by molar-refractivity contribution is 0.666. The average Bonchev–Trinajstić information content (AvgIpc) is 2.16. The van der Waals surface area contributed by atoms with Gasteiger partial charge in [0.25, 0.3) is 0 Å². The largest absolute Gasteiger partial charge is 0.328 e. The van der Waals surface area contributed by atoms with Crippen LogP contribution in [0.25, 0.3) is 0 Å². The molecule has 2 heteroatoms. The third-order valence-corrected chi connectivity index (χ3v) is 2.31. The predicted octanol–water partition coefficient (Wildman–Crippen LogP) is 2.15. The number of benzene rings is 1. The topological polar surface area (TPSA) is 49.8 Å². The zero-order valence-corrected chi connectivity index (χ0v) is 8.75. The molecule has 14 heavy (non-hydrogen) atoms. The first-order valence-electron chi connectivity index (χ1n) is 4.88. The number of nitrogens with two attached hydrogens (primary N) is 1. The van der Waals surface area contributed by atoms with Crippen LogP contribution in [0.5, 0.6) is 0 Å². The van der Waals surface area contributed by atoms with Crippen LogP contribution in [0.3, 0.4) is 0 Å². The fourth-order valence-corrected chi connectivity index (χ4v) is 1.34. The van der Waals surface area contributed by atoms with Gasteiger partial charge in [-0.15, -0.1) is 0 Å². The molecule has 0 aromatic heterocycles. The van der Waals surface area contributed by atoms with Gasteiger partial charge in [-0.05, 0) is 43.9 Å². The van der Waals surface area contributed by atoms with Crippen LogP contribution >= 0.6 is 0 Å². The Hall–Kier alpha value is -1.33. The summed E-state index contributed by atoms with van der Waals surface area (Å²) in [6, 6.07) is 8.44. The second-order valence-electron chi connectivity index (χ2n) is 3.78. The minimum atomic E-state index is 0.224. The van der Waals surface area contributed by atoms with E-state index >= 15 is 0 Å². The molecular weight excluding hydrogens is 172 g/mol. The van der Waals surface area contributed by atoms with Gasteiger partial charge in [-0.1, -0.05) is 12.1 Å². The van der Waals surface area contributed by atoms with Crippen LogP contribution in [-0.4, -0.2) is 6.04 Å². The molecule has 1 aromatic rings. The van der Waals surface area contributed by atoms with E-state index in [1.165, 1.54) is 5.56 Å². The van der Waals surface area contributed by atoms with E-state index in [0.717, 1.165) is 24.0 Å². The lowest BCUT2D eigenvalue weighted by atomic mass is 10.0. The van der Waals surface area contributed by atoms with Gasteiger partial charge in [0.15, 0.2) is 0 Å². The van der Waals surface area contributed by atoms with Crippen LogP contribution in [0.1, 0.15) is 30.0 Å². The van der Waals surface area contributed by atoms with Gasteiger partial charge in [-0.25, -0.2) is 0 Å². The number of nitriles is 1. The lowest BCUT2D eigenvalue weighted by Gasteiger charge is -2.06. The SMILES string of the molecule is Cc1ccc(CCC(C)N)cc1C#N. The molecule has 0 amide bonds. The van der Waals surface area contributed by atoms with Crippen molar-refractivity contribution in [1.29, 1.82) is 5.26 Å². The van der Waals surface area contributed by atoms with Crippen LogP contribution in [0.2, 0.25) is 0 Å². The minimum Gasteiger partial charge on any atom is -0.328 e. The third-order valence-electron chi connectivity index (χ3n) is 2.31. The second-order valence-corrected chi connectivity index (χ2v) is 3.78. The Morgan fingerprint density at radius 2 is 2.21 bits per heavy atom. The monoisotopic (exact) mass is 188 g/mol. The van der Waals surface area contributed by atoms with Gasteiger partial charge >= 0.3 is 0 Å². The summed E-state index contributed by atoms with van der Waals surface area (Å²) < 4.78 is 0. The molecule has 1 atom stereocenters. The van der Waals surface area contributed by atoms with Gasteiger partial charge in [-0.2, -0.15) is 5.26 Å². The summed E-state index contributed by atoms with van der Waals surface area (Å²) in [4.78, 5) is 0. The summed E-state index contributed by atoms with van der Waals surface area (Å²) in [7, 11) is 0. The highest BCUT2D eigenvalue weighted by Crippen LogP contribution is 2.12. The molecule has 1 aromatic carbocycles. The highest BCUT2D eigenvalue weighted by Gasteiger charge is 2.00. The van der Waals surface area contributed by atoms with Crippen LogP contribution < -0.4 is 5.73 Å². The van der Waals surface area contributed by atoms with Crippen molar-refractivity contribution in [2.45, 2.75) is 32.7 Å². The smallest absolute Gasteiger partial charge is 0.0994 e. The Balaban J connectivity index is 2.76. The lowest BCUT2D eigenvalue weighted by Crippen LogP contribution is -2.15. The highest BCUT2D eigenvalue weighted by molar-refractivity contribution is 5.39. The van der Waals surface area contributed by atoms with E-state index < -0.39 is 0 Å². The Morgan fingerprint density at radius 3 is 2.79 bits per heavy atom. The maximum Gasteiger partial charge on any atom is 0.0994 e. The Morgan fingerprint density at radius 1 is 1.50 bits per heavy atom. The van der Waals surface area contributed by atoms with Gasteiger partial charge in [0.2, 0.25) is 0 Å². The molecule has 0 aliphatic rings. The minimum absolute atomic E-state index is 0.224. The molecule has 0 bridgehead atoms. The third kappa shape index (κ3) is 2.86. The molecule has 0 spiro atoms. The molecule has 2 N–H and O–H groups in total. The molecule has 0 aliphatic carbocycles. The summed E-state index contributed by atoms with van der Waals surface area (Å²) in [6.07, 6.45) is 1.92.